The van der Waals surface area contributed by atoms with Crippen molar-refractivity contribution in [3.05, 3.63) is 0 Å². The molecule has 0 radical (unpaired) electrons. The van der Waals surface area contributed by atoms with Gasteiger partial charge in [-0.3, -0.25) is 4.99 Å². The van der Waals surface area contributed by atoms with Gasteiger partial charge in [0.1, 0.15) is 0 Å². The molecule has 1 aliphatic rings. The van der Waals surface area contributed by atoms with E-state index in [0.29, 0.717) is 5.37 Å². The Hall–Kier alpha value is 0.0200. The van der Waals surface area contributed by atoms with E-state index in [4.69, 9.17) is 0 Å². The summed E-state index contributed by atoms with van der Waals surface area (Å²) >= 11 is 1.95. The van der Waals surface area contributed by atoms with E-state index in [9.17, 15) is 0 Å². The molecule has 0 aromatic rings. The van der Waals surface area contributed by atoms with Crippen molar-refractivity contribution in [3.8, 4) is 0 Å². The lowest BCUT2D eigenvalue weighted by atomic mass is 10.1. The fourth-order valence-corrected chi connectivity index (χ4v) is 1.98. The van der Waals surface area contributed by atoms with E-state index in [1.807, 2.05) is 18.0 Å². The molecule has 0 aromatic carbocycles. The maximum absolute atomic E-state index is 4.31. The third kappa shape index (κ3) is 2.39. The van der Waals surface area contributed by atoms with Crippen molar-refractivity contribution in [2.24, 2.45) is 10.9 Å². The normalized spacial score (nSPS) is 25.9. The van der Waals surface area contributed by atoms with Gasteiger partial charge in [0.05, 0.1) is 5.37 Å². The first-order valence-corrected chi connectivity index (χ1v) is 4.47. The molecule has 0 N–H and O–H groups in total. The van der Waals surface area contributed by atoms with Crippen LogP contribution in [0.3, 0.4) is 0 Å². The second-order valence-electron chi connectivity index (χ2n) is 2.75. The van der Waals surface area contributed by atoms with E-state index >= 15 is 0 Å². The van der Waals surface area contributed by atoms with Crippen molar-refractivity contribution in [2.75, 3.05) is 5.75 Å². The van der Waals surface area contributed by atoms with Crippen LogP contribution in [0.2, 0.25) is 0 Å². The summed E-state index contributed by atoms with van der Waals surface area (Å²) in [5.41, 5.74) is 0. The predicted molar refractivity (Wildman–Crippen MR) is 44.2 cm³/mol. The molecule has 1 unspecified atom stereocenters. The summed E-state index contributed by atoms with van der Waals surface area (Å²) in [6.07, 6.45) is 3.26. The summed E-state index contributed by atoms with van der Waals surface area (Å²) in [6.45, 7) is 4.49. The van der Waals surface area contributed by atoms with Gasteiger partial charge in [0, 0.05) is 12.0 Å². The van der Waals surface area contributed by atoms with Crippen molar-refractivity contribution in [1.29, 1.82) is 0 Å². The van der Waals surface area contributed by atoms with E-state index in [-0.39, 0.29) is 0 Å². The van der Waals surface area contributed by atoms with E-state index < -0.39 is 0 Å². The number of hydrogen-bond acceptors (Lipinski definition) is 2. The topological polar surface area (TPSA) is 12.4 Å². The maximum Gasteiger partial charge on any atom is 0.0953 e. The first-order chi connectivity index (χ1) is 4.29. The fraction of sp³-hybridized carbons (Fsp3) is 0.857. The molecular formula is C7H13NS. The minimum Gasteiger partial charge on any atom is -0.283 e. The van der Waals surface area contributed by atoms with E-state index in [1.165, 1.54) is 6.42 Å². The molecule has 0 fully saturated rings. The smallest absolute Gasteiger partial charge is 0.0953 e. The molecular weight excluding hydrogens is 130 g/mol. The van der Waals surface area contributed by atoms with Gasteiger partial charge >= 0.3 is 0 Å². The lowest BCUT2D eigenvalue weighted by Crippen LogP contribution is -1.99. The Labute approximate surface area is 60.9 Å². The van der Waals surface area contributed by atoms with Crippen molar-refractivity contribution in [1.82, 2.24) is 0 Å². The zero-order valence-corrected chi connectivity index (χ0v) is 6.82. The second kappa shape index (κ2) is 3.25. The van der Waals surface area contributed by atoms with Gasteiger partial charge in [-0.1, -0.05) is 13.8 Å². The Balaban J connectivity index is 2.20. The second-order valence-corrected chi connectivity index (χ2v) is 3.96. The number of aliphatic imine (C=N–C) groups is 1. The van der Waals surface area contributed by atoms with Crippen LogP contribution in [0.4, 0.5) is 0 Å². The van der Waals surface area contributed by atoms with Gasteiger partial charge in [-0.15, -0.1) is 11.8 Å². The van der Waals surface area contributed by atoms with Gasteiger partial charge in [-0.05, 0) is 12.3 Å². The largest absolute Gasteiger partial charge is 0.283 e. The molecule has 2 heteroatoms. The van der Waals surface area contributed by atoms with Crippen molar-refractivity contribution in [2.45, 2.75) is 25.6 Å². The molecule has 0 bridgehead atoms. The number of nitrogens with zero attached hydrogens (tertiary/aromatic N) is 1. The summed E-state index contributed by atoms with van der Waals surface area (Å²) in [7, 11) is 0. The molecule has 0 aromatic heterocycles. The highest BCUT2D eigenvalue weighted by Crippen LogP contribution is 2.23. The van der Waals surface area contributed by atoms with Crippen molar-refractivity contribution >= 4 is 18.0 Å². The van der Waals surface area contributed by atoms with Gasteiger partial charge in [0.2, 0.25) is 0 Å². The highest BCUT2D eigenvalue weighted by atomic mass is 32.2. The summed E-state index contributed by atoms with van der Waals surface area (Å²) < 4.78 is 0. The standard InChI is InChI=1S/C7H13NS/c1-6(2)5-7-8-3-4-9-7/h3,6-7H,4-5H2,1-2H3. The number of thioether (sulfide) groups is 1. The number of rotatable bonds is 2. The van der Waals surface area contributed by atoms with Crippen LogP contribution in [0, 0.1) is 5.92 Å². The van der Waals surface area contributed by atoms with Gasteiger partial charge in [0.25, 0.3) is 0 Å². The van der Waals surface area contributed by atoms with Crippen LogP contribution in [0.5, 0.6) is 0 Å². The Morgan fingerprint density at radius 2 is 2.56 bits per heavy atom. The lowest BCUT2D eigenvalue weighted by molar-refractivity contribution is 0.580. The summed E-state index contributed by atoms with van der Waals surface area (Å²) in [5, 5.41) is 0.574. The molecule has 52 valence electrons. The van der Waals surface area contributed by atoms with Crippen LogP contribution in [-0.2, 0) is 0 Å². The molecule has 0 aliphatic carbocycles. The van der Waals surface area contributed by atoms with Gasteiger partial charge in [-0.25, -0.2) is 0 Å². The molecule has 1 atom stereocenters. The van der Waals surface area contributed by atoms with Gasteiger partial charge in [0.15, 0.2) is 0 Å². The maximum atomic E-state index is 4.31. The molecule has 9 heavy (non-hydrogen) atoms. The Morgan fingerprint density at radius 1 is 1.78 bits per heavy atom. The highest BCUT2D eigenvalue weighted by Gasteiger charge is 2.11. The van der Waals surface area contributed by atoms with E-state index in [1.54, 1.807) is 0 Å². The third-order valence-electron chi connectivity index (χ3n) is 1.31. The first-order valence-electron chi connectivity index (χ1n) is 3.42. The molecule has 0 amide bonds. The van der Waals surface area contributed by atoms with Crippen LogP contribution < -0.4 is 0 Å². The zero-order valence-electron chi connectivity index (χ0n) is 6.00. The van der Waals surface area contributed by atoms with E-state index in [2.05, 4.69) is 18.8 Å². The lowest BCUT2D eigenvalue weighted by Gasteiger charge is -2.07. The minimum atomic E-state index is 0.574. The molecule has 1 aliphatic heterocycles. The van der Waals surface area contributed by atoms with E-state index in [0.717, 1.165) is 11.7 Å². The molecule has 1 heterocycles. The average Bonchev–Trinajstić information content (AvgIpc) is 2.15. The SMILES string of the molecule is CC(C)CC1N=CCS1. The quantitative estimate of drug-likeness (QED) is 0.577. The zero-order chi connectivity index (χ0) is 6.69. The van der Waals surface area contributed by atoms with Crippen molar-refractivity contribution in [3.63, 3.8) is 0 Å². The molecule has 1 rings (SSSR count). The summed E-state index contributed by atoms with van der Waals surface area (Å²) in [4.78, 5) is 4.31. The van der Waals surface area contributed by atoms with Gasteiger partial charge < -0.3 is 0 Å². The highest BCUT2D eigenvalue weighted by molar-refractivity contribution is 8.00. The predicted octanol–water partition coefficient (Wildman–Crippen LogP) is 2.18. The van der Waals surface area contributed by atoms with Crippen molar-refractivity contribution < 1.29 is 0 Å². The third-order valence-corrected chi connectivity index (χ3v) is 2.35. The van der Waals surface area contributed by atoms with Crippen LogP contribution >= 0.6 is 11.8 Å². The Bertz CT molecular complexity index is 109. The summed E-state index contributed by atoms with van der Waals surface area (Å²) in [6, 6.07) is 0. The first kappa shape index (κ1) is 7.13. The summed E-state index contributed by atoms with van der Waals surface area (Å²) in [5.74, 6) is 1.91. The van der Waals surface area contributed by atoms with Crippen LogP contribution in [-0.4, -0.2) is 17.3 Å². The molecule has 0 saturated carbocycles. The molecule has 1 nitrogen and oxygen atoms in total. The Morgan fingerprint density at radius 3 is 3.00 bits per heavy atom. The monoisotopic (exact) mass is 143 g/mol. The van der Waals surface area contributed by atoms with Crippen LogP contribution in [0.1, 0.15) is 20.3 Å². The number of hydrogen-bond donors (Lipinski definition) is 0. The van der Waals surface area contributed by atoms with Crippen LogP contribution in [0.15, 0.2) is 4.99 Å². The fourth-order valence-electron chi connectivity index (χ4n) is 0.890. The average molecular weight is 143 g/mol. The molecule has 0 spiro atoms. The van der Waals surface area contributed by atoms with Gasteiger partial charge in [-0.2, -0.15) is 0 Å². The Kier molecular flexibility index (Phi) is 2.58. The minimum absolute atomic E-state index is 0.574. The molecule has 0 saturated heterocycles. The van der Waals surface area contributed by atoms with Crippen LogP contribution in [0.25, 0.3) is 0 Å².